The Hall–Kier alpha value is -3.44. The topological polar surface area (TPSA) is 74.3 Å². The molecule has 1 aromatic heterocycles. The van der Waals surface area contributed by atoms with Crippen LogP contribution in [0.1, 0.15) is 0 Å². The van der Waals surface area contributed by atoms with Crippen molar-refractivity contribution < 1.29 is 9.84 Å². The van der Waals surface area contributed by atoms with E-state index in [1.54, 1.807) is 36.4 Å². The summed E-state index contributed by atoms with van der Waals surface area (Å²) < 4.78 is 5.62. The van der Waals surface area contributed by atoms with E-state index in [2.05, 4.69) is 10.3 Å². The zero-order chi connectivity index (χ0) is 19.7. The van der Waals surface area contributed by atoms with E-state index in [0.717, 1.165) is 16.8 Å². The monoisotopic (exact) mass is 392 g/mol. The van der Waals surface area contributed by atoms with Gasteiger partial charge in [0.1, 0.15) is 5.75 Å². The molecule has 0 fully saturated rings. The molecule has 6 heteroatoms. The van der Waals surface area contributed by atoms with E-state index < -0.39 is 5.56 Å². The van der Waals surface area contributed by atoms with E-state index >= 15 is 0 Å². The standard InChI is InChI=1S/C22H17ClN2O3/c1-24-14-9-7-13(8-10-14)16-11-17-19(12-18(16)23)25-22(27)21(20(17)26)28-15-5-3-2-4-6-15/h2-12,24H,1H3,(H2,25,26,27). The first-order valence-corrected chi connectivity index (χ1v) is 9.04. The fourth-order valence-corrected chi connectivity index (χ4v) is 3.29. The first-order chi connectivity index (χ1) is 13.6. The maximum absolute atomic E-state index is 12.4. The van der Waals surface area contributed by atoms with Crippen LogP contribution in [0.5, 0.6) is 17.2 Å². The normalized spacial score (nSPS) is 10.8. The van der Waals surface area contributed by atoms with Crippen molar-refractivity contribution in [3.63, 3.8) is 0 Å². The number of rotatable bonds is 4. The molecular weight excluding hydrogens is 376 g/mol. The average molecular weight is 393 g/mol. The van der Waals surface area contributed by atoms with Gasteiger partial charge in [-0.25, -0.2) is 0 Å². The summed E-state index contributed by atoms with van der Waals surface area (Å²) in [7, 11) is 1.85. The van der Waals surface area contributed by atoms with Crippen molar-refractivity contribution in [2.75, 3.05) is 12.4 Å². The van der Waals surface area contributed by atoms with E-state index in [1.807, 2.05) is 37.4 Å². The molecule has 0 bridgehead atoms. The number of para-hydroxylation sites is 1. The van der Waals surface area contributed by atoms with E-state index in [9.17, 15) is 9.90 Å². The molecule has 0 saturated heterocycles. The van der Waals surface area contributed by atoms with Gasteiger partial charge in [0.25, 0.3) is 5.56 Å². The summed E-state index contributed by atoms with van der Waals surface area (Å²) in [5.41, 5.74) is 2.51. The number of hydrogen-bond donors (Lipinski definition) is 3. The number of aromatic amines is 1. The average Bonchev–Trinajstić information content (AvgIpc) is 2.72. The van der Waals surface area contributed by atoms with E-state index in [1.165, 1.54) is 0 Å². The highest BCUT2D eigenvalue weighted by Gasteiger charge is 2.17. The van der Waals surface area contributed by atoms with Crippen LogP contribution in [0.4, 0.5) is 5.69 Å². The number of aromatic nitrogens is 1. The van der Waals surface area contributed by atoms with E-state index in [4.69, 9.17) is 16.3 Å². The maximum atomic E-state index is 12.4. The lowest BCUT2D eigenvalue weighted by atomic mass is 10.0. The Morgan fingerprint density at radius 2 is 1.75 bits per heavy atom. The van der Waals surface area contributed by atoms with Crippen LogP contribution >= 0.6 is 11.6 Å². The van der Waals surface area contributed by atoms with Gasteiger partial charge >= 0.3 is 0 Å². The van der Waals surface area contributed by atoms with Crippen LogP contribution in [-0.4, -0.2) is 17.1 Å². The molecule has 0 radical (unpaired) electrons. The molecule has 4 rings (SSSR count). The Bertz CT molecular complexity index is 1200. The number of fused-ring (bicyclic) bond motifs is 1. The first kappa shape index (κ1) is 17.9. The third-order valence-corrected chi connectivity index (χ3v) is 4.79. The maximum Gasteiger partial charge on any atom is 0.295 e. The molecule has 0 aliphatic carbocycles. The minimum Gasteiger partial charge on any atom is -0.504 e. The number of benzene rings is 3. The Morgan fingerprint density at radius 3 is 2.43 bits per heavy atom. The summed E-state index contributed by atoms with van der Waals surface area (Å²) in [6.45, 7) is 0. The molecule has 3 aromatic carbocycles. The lowest BCUT2D eigenvalue weighted by molar-refractivity contribution is 0.410. The van der Waals surface area contributed by atoms with Gasteiger partial charge in [-0.2, -0.15) is 0 Å². The molecule has 0 spiro atoms. The molecule has 140 valence electrons. The summed E-state index contributed by atoms with van der Waals surface area (Å²) in [5, 5.41) is 14.7. The molecule has 4 aromatic rings. The molecule has 0 amide bonds. The van der Waals surface area contributed by atoms with Crippen molar-refractivity contribution in [1.82, 2.24) is 4.98 Å². The second-order valence-electron chi connectivity index (χ2n) is 6.25. The predicted molar refractivity (Wildman–Crippen MR) is 113 cm³/mol. The van der Waals surface area contributed by atoms with Gasteiger partial charge in [0, 0.05) is 23.7 Å². The van der Waals surface area contributed by atoms with Crippen molar-refractivity contribution in [2.24, 2.45) is 0 Å². The van der Waals surface area contributed by atoms with Crippen molar-refractivity contribution >= 4 is 28.2 Å². The molecule has 0 unspecified atom stereocenters. The molecule has 5 nitrogen and oxygen atoms in total. The lowest BCUT2D eigenvalue weighted by Crippen LogP contribution is -2.09. The molecule has 3 N–H and O–H groups in total. The number of anilines is 1. The van der Waals surface area contributed by atoms with Gasteiger partial charge in [-0.1, -0.05) is 41.9 Å². The summed E-state index contributed by atoms with van der Waals surface area (Å²) in [6, 6.07) is 19.9. The van der Waals surface area contributed by atoms with Gasteiger partial charge in [-0.3, -0.25) is 4.79 Å². The highest BCUT2D eigenvalue weighted by atomic mass is 35.5. The Balaban J connectivity index is 1.86. The molecule has 0 atom stereocenters. The SMILES string of the molecule is CNc1ccc(-c2cc3c(O)c(Oc4ccccc4)c(=O)[nH]c3cc2Cl)cc1. The highest BCUT2D eigenvalue weighted by Crippen LogP contribution is 2.38. The van der Waals surface area contributed by atoms with E-state index in [0.29, 0.717) is 21.7 Å². The molecule has 28 heavy (non-hydrogen) atoms. The van der Waals surface area contributed by atoms with Crippen LogP contribution in [0.3, 0.4) is 0 Å². The third-order valence-electron chi connectivity index (χ3n) is 4.48. The fourth-order valence-electron chi connectivity index (χ4n) is 3.02. The van der Waals surface area contributed by atoms with Gasteiger partial charge in [0.15, 0.2) is 5.75 Å². The van der Waals surface area contributed by atoms with Crippen molar-refractivity contribution in [3.8, 4) is 28.4 Å². The largest absolute Gasteiger partial charge is 0.504 e. The molecule has 0 aliphatic heterocycles. The number of ether oxygens (including phenoxy) is 1. The number of halogens is 1. The van der Waals surface area contributed by atoms with Gasteiger partial charge < -0.3 is 20.1 Å². The smallest absolute Gasteiger partial charge is 0.295 e. The minimum absolute atomic E-state index is 0.155. The summed E-state index contributed by atoms with van der Waals surface area (Å²) in [4.78, 5) is 15.1. The second kappa shape index (κ2) is 7.29. The molecule has 0 aliphatic rings. The second-order valence-corrected chi connectivity index (χ2v) is 6.66. The van der Waals surface area contributed by atoms with Crippen molar-refractivity contribution in [2.45, 2.75) is 0 Å². The zero-order valence-electron chi connectivity index (χ0n) is 15.0. The third kappa shape index (κ3) is 3.28. The number of nitrogens with one attached hydrogen (secondary N) is 2. The van der Waals surface area contributed by atoms with Crippen LogP contribution in [0.15, 0.2) is 71.5 Å². The Labute approximate surface area is 166 Å². The zero-order valence-corrected chi connectivity index (χ0v) is 15.7. The highest BCUT2D eigenvalue weighted by molar-refractivity contribution is 6.34. The van der Waals surface area contributed by atoms with Gasteiger partial charge in [0.05, 0.1) is 10.5 Å². The molecule has 0 saturated carbocycles. The summed E-state index contributed by atoms with van der Waals surface area (Å²) in [6.07, 6.45) is 0. The number of aromatic hydroxyl groups is 1. The summed E-state index contributed by atoms with van der Waals surface area (Å²) >= 11 is 6.44. The summed E-state index contributed by atoms with van der Waals surface area (Å²) in [5.74, 6) is 0.0735. The lowest BCUT2D eigenvalue weighted by Gasteiger charge is -2.12. The number of hydrogen-bond acceptors (Lipinski definition) is 4. The van der Waals surface area contributed by atoms with Crippen LogP contribution in [0.2, 0.25) is 5.02 Å². The van der Waals surface area contributed by atoms with Gasteiger partial charge in [-0.15, -0.1) is 0 Å². The Morgan fingerprint density at radius 1 is 1.04 bits per heavy atom. The quantitative estimate of drug-likeness (QED) is 0.435. The van der Waals surface area contributed by atoms with Gasteiger partial charge in [0.2, 0.25) is 5.75 Å². The van der Waals surface area contributed by atoms with Crippen LogP contribution in [0.25, 0.3) is 22.0 Å². The molecule has 1 heterocycles. The minimum atomic E-state index is -0.531. The number of H-pyrrole nitrogens is 1. The molecular formula is C22H17ClN2O3. The van der Waals surface area contributed by atoms with Crippen molar-refractivity contribution in [3.05, 3.63) is 82.1 Å². The van der Waals surface area contributed by atoms with Gasteiger partial charge in [-0.05, 0) is 42.0 Å². The van der Waals surface area contributed by atoms with Crippen LogP contribution in [0, 0.1) is 0 Å². The number of pyridine rings is 1. The van der Waals surface area contributed by atoms with Crippen LogP contribution in [-0.2, 0) is 0 Å². The Kier molecular flexibility index (Phi) is 4.67. The first-order valence-electron chi connectivity index (χ1n) is 8.66. The van der Waals surface area contributed by atoms with Crippen LogP contribution < -0.4 is 15.6 Å². The fraction of sp³-hybridized carbons (Fsp3) is 0.0455. The van der Waals surface area contributed by atoms with E-state index in [-0.39, 0.29) is 11.5 Å². The van der Waals surface area contributed by atoms with Crippen molar-refractivity contribution in [1.29, 1.82) is 0 Å². The predicted octanol–water partition coefficient (Wildman–Crippen LogP) is 5.39.